The van der Waals surface area contributed by atoms with E-state index >= 15 is 0 Å². The number of allylic oxidation sites excluding steroid dienone is 3. The highest BCUT2D eigenvalue weighted by Gasteiger charge is 2.21. The van der Waals surface area contributed by atoms with E-state index in [1.165, 1.54) is 29.5 Å². The molecule has 1 aromatic carbocycles. The average molecular weight is 332 g/mol. The Labute approximate surface area is 138 Å². The molecular weight excluding hydrogens is 314 g/mol. The highest BCUT2D eigenvalue weighted by molar-refractivity contribution is 5.89. The normalized spacial score (nSPS) is 16.0. The van der Waals surface area contributed by atoms with Crippen LogP contribution in [0.2, 0.25) is 0 Å². The first-order valence-corrected chi connectivity index (χ1v) is 7.41. The van der Waals surface area contributed by atoms with Crippen molar-refractivity contribution in [2.24, 2.45) is 0 Å². The van der Waals surface area contributed by atoms with Crippen molar-refractivity contribution in [2.75, 3.05) is 5.73 Å². The molecule has 0 aliphatic carbocycles. The summed E-state index contributed by atoms with van der Waals surface area (Å²) in [7, 11) is 0. The summed E-state index contributed by atoms with van der Waals surface area (Å²) in [5, 5.41) is 9.37. The fourth-order valence-corrected chi connectivity index (χ4v) is 2.50. The largest absolute Gasteiger partial charge is 0.478 e. The van der Waals surface area contributed by atoms with Crippen LogP contribution in [0.3, 0.4) is 0 Å². The standard InChI is InChI=1S/C18H18F2N2O2/c1-3-5-12(18(23)24)15-9-6-11(10-22(15)4-2)16-13(19)7-8-14(21)17(16)20/h4,6-10H,2-3,5,21H2,1H3,(H,23,24)/b15-12+. The van der Waals surface area contributed by atoms with E-state index in [9.17, 15) is 18.7 Å². The maximum Gasteiger partial charge on any atom is 0.333 e. The van der Waals surface area contributed by atoms with E-state index in [1.807, 2.05) is 6.92 Å². The van der Waals surface area contributed by atoms with Gasteiger partial charge in [-0.25, -0.2) is 13.6 Å². The van der Waals surface area contributed by atoms with Crippen molar-refractivity contribution in [1.82, 2.24) is 4.90 Å². The van der Waals surface area contributed by atoms with Crippen LogP contribution in [0.5, 0.6) is 0 Å². The Morgan fingerprint density at radius 1 is 1.38 bits per heavy atom. The maximum absolute atomic E-state index is 14.2. The minimum Gasteiger partial charge on any atom is -0.478 e. The molecule has 2 rings (SSSR count). The monoisotopic (exact) mass is 332 g/mol. The van der Waals surface area contributed by atoms with Crippen molar-refractivity contribution in [3.8, 4) is 0 Å². The van der Waals surface area contributed by atoms with Crippen molar-refractivity contribution in [3.05, 3.63) is 71.7 Å². The average Bonchev–Trinajstić information content (AvgIpc) is 2.56. The third kappa shape index (κ3) is 3.22. The van der Waals surface area contributed by atoms with E-state index < -0.39 is 17.6 Å². The summed E-state index contributed by atoms with van der Waals surface area (Å²) < 4.78 is 28.2. The molecule has 0 saturated heterocycles. The topological polar surface area (TPSA) is 66.6 Å². The Morgan fingerprint density at radius 3 is 2.67 bits per heavy atom. The lowest BCUT2D eigenvalue weighted by molar-refractivity contribution is -0.132. The minimum absolute atomic E-state index is 0.163. The maximum atomic E-state index is 14.2. The van der Waals surface area contributed by atoms with Crippen molar-refractivity contribution in [3.63, 3.8) is 0 Å². The van der Waals surface area contributed by atoms with Gasteiger partial charge < -0.3 is 15.7 Å². The van der Waals surface area contributed by atoms with Gasteiger partial charge in [0.15, 0.2) is 5.82 Å². The Bertz CT molecular complexity index is 779. The quantitative estimate of drug-likeness (QED) is 0.631. The van der Waals surface area contributed by atoms with Gasteiger partial charge in [-0.05, 0) is 24.6 Å². The number of carboxylic acids is 1. The van der Waals surface area contributed by atoms with Crippen LogP contribution in [0.25, 0.3) is 5.57 Å². The van der Waals surface area contributed by atoms with Crippen molar-refractivity contribution >= 4 is 17.2 Å². The van der Waals surface area contributed by atoms with E-state index in [0.29, 0.717) is 18.5 Å². The Kier molecular flexibility index (Phi) is 5.18. The third-order valence-electron chi connectivity index (χ3n) is 3.65. The molecule has 6 heteroatoms. The third-order valence-corrected chi connectivity index (χ3v) is 3.65. The predicted octanol–water partition coefficient (Wildman–Crippen LogP) is 4.04. The SMILES string of the molecule is C=CN1C=C(c2c(F)ccc(N)c2F)C=C/C1=C(/CCC)C(=O)O. The number of hydrogen-bond acceptors (Lipinski definition) is 3. The number of nitrogens with two attached hydrogens (primary N) is 1. The van der Waals surface area contributed by atoms with E-state index in [1.54, 1.807) is 0 Å². The molecule has 1 aliphatic rings. The second-order valence-electron chi connectivity index (χ2n) is 5.25. The van der Waals surface area contributed by atoms with E-state index in [-0.39, 0.29) is 22.4 Å². The van der Waals surface area contributed by atoms with Crippen LogP contribution in [-0.2, 0) is 4.79 Å². The van der Waals surface area contributed by atoms with Crippen LogP contribution in [0, 0.1) is 11.6 Å². The molecule has 0 bridgehead atoms. The van der Waals surface area contributed by atoms with Crippen LogP contribution >= 0.6 is 0 Å². The highest BCUT2D eigenvalue weighted by Crippen LogP contribution is 2.32. The summed E-state index contributed by atoms with van der Waals surface area (Å²) in [6.45, 7) is 5.50. The molecule has 0 fully saturated rings. The molecule has 1 heterocycles. The van der Waals surface area contributed by atoms with Crippen LogP contribution in [0.15, 0.2) is 54.5 Å². The first-order chi connectivity index (χ1) is 11.4. The predicted molar refractivity (Wildman–Crippen MR) is 89.5 cm³/mol. The molecule has 3 N–H and O–H groups in total. The van der Waals surface area contributed by atoms with Gasteiger partial charge in [-0.1, -0.05) is 26.0 Å². The number of hydrogen-bond donors (Lipinski definition) is 2. The zero-order valence-corrected chi connectivity index (χ0v) is 13.2. The van der Waals surface area contributed by atoms with Crippen LogP contribution in [0.1, 0.15) is 25.3 Å². The number of aliphatic carboxylic acids is 1. The molecule has 4 nitrogen and oxygen atoms in total. The summed E-state index contributed by atoms with van der Waals surface area (Å²) in [6, 6.07) is 2.24. The molecule has 1 aromatic rings. The number of rotatable bonds is 5. The Balaban J connectivity index is 2.56. The number of nitrogen functional groups attached to an aromatic ring is 1. The first kappa shape index (κ1) is 17.5. The molecule has 0 atom stereocenters. The molecule has 126 valence electrons. The summed E-state index contributed by atoms with van der Waals surface area (Å²) in [5.41, 5.74) is 5.94. The number of halogens is 2. The van der Waals surface area contributed by atoms with Crippen LogP contribution in [-0.4, -0.2) is 16.0 Å². The summed E-state index contributed by atoms with van der Waals surface area (Å²) in [6.07, 6.45) is 6.82. The van der Waals surface area contributed by atoms with Crippen molar-refractivity contribution in [1.29, 1.82) is 0 Å². The lowest BCUT2D eigenvalue weighted by atomic mass is 9.99. The van der Waals surface area contributed by atoms with Gasteiger partial charge in [-0.3, -0.25) is 0 Å². The number of carbonyl (C=O) groups is 1. The zero-order chi connectivity index (χ0) is 17.9. The fraction of sp³-hybridized carbons (Fsp3) is 0.167. The van der Waals surface area contributed by atoms with Gasteiger partial charge in [-0.15, -0.1) is 0 Å². The molecule has 0 amide bonds. The van der Waals surface area contributed by atoms with Crippen LogP contribution < -0.4 is 5.73 Å². The molecule has 24 heavy (non-hydrogen) atoms. The summed E-state index contributed by atoms with van der Waals surface area (Å²) in [4.78, 5) is 12.9. The number of benzene rings is 1. The van der Waals surface area contributed by atoms with E-state index in [2.05, 4.69) is 6.58 Å². The van der Waals surface area contributed by atoms with Gasteiger partial charge in [0.25, 0.3) is 0 Å². The van der Waals surface area contributed by atoms with Gasteiger partial charge in [0.2, 0.25) is 0 Å². The molecule has 0 saturated carbocycles. The van der Waals surface area contributed by atoms with Crippen LogP contribution in [0.4, 0.5) is 14.5 Å². The van der Waals surface area contributed by atoms with E-state index in [0.717, 1.165) is 12.1 Å². The van der Waals surface area contributed by atoms with Gasteiger partial charge in [0.1, 0.15) is 5.82 Å². The lowest BCUT2D eigenvalue weighted by Gasteiger charge is -2.24. The minimum atomic E-state index is -1.04. The molecule has 0 unspecified atom stereocenters. The zero-order valence-electron chi connectivity index (χ0n) is 13.2. The molecule has 0 aromatic heterocycles. The van der Waals surface area contributed by atoms with Crippen molar-refractivity contribution in [2.45, 2.75) is 19.8 Å². The van der Waals surface area contributed by atoms with Gasteiger partial charge in [0.05, 0.1) is 22.5 Å². The number of anilines is 1. The highest BCUT2D eigenvalue weighted by atomic mass is 19.1. The fourth-order valence-electron chi connectivity index (χ4n) is 2.50. The first-order valence-electron chi connectivity index (χ1n) is 7.41. The molecule has 0 spiro atoms. The Hall–Kier alpha value is -2.89. The molecular formula is C18H18F2N2O2. The number of carboxylic acid groups (broad SMARTS) is 1. The van der Waals surface area contributed by atoms with Gasteiger partial charge in [-0.2, -0.15) is 0 Å². The van der Waals surface area contributed by atoms with Gasteiger partial charge in [0, 0.05) is 18.0 Å². The molecule has 0 radical (unpaired) electrons. The van der Waals surface area contributed by atoms with Crippen molar-refractivity contribution < 1.29 is 18.7 Å². The molecule has 1 aliphatic heterocycles. The lowest BCUT2D eigenvalue weighted by Crippen LogP contribution is -2.17. The Morgan fingerprint density at radius 2 is 2.08 bits per heavy atom. The van der Waals surface area contributed by atoms with Gasteiger partial charge >= 0.3 is 5.97 Å². The second-order valence-corrected chi connectivity index (χ2v) is 5.25. The number of nitrogens with zero attached hydrogens (tertiary/aromatic N) is 1. The second kappa shape index (κ2) is 7.12. The summed E-state index contributed by atoms with van der Waals surface area (Å²) in [5.74, 6) is -2.64. The van der Waals surface area contributed by atoms with E-state index in [4.69, 9.17) is 5.73 Å². The smallest absolute Gasteiger partial charge is 0.333 e. The summed E-state index contributed by atoms with van der Waals surface area (Å²) >= 11 is 0.